The van der Waals surface area contributed by atoms with Crippen LogP contribution < -0.4 is 4.72 Å². The zero-order valence-corrected chi connectivity index (χ0v) is 15.2. The normalized spacial score (nSPS) is 22.0. The van der Waals surface area contributed by atoms with Crippen LogP contribution in [0.25, 0.3) is 11.6 Å². The van der Waals surface area contributed by atoms with Crippen LogP contribution in [0.3, 0.4) is 0 Å². The van der Waals surface area contributed by atoms with Crippen LogP contribution in [0, 0.1) is 5.41 Å². The van der Waals surface area contributed by atoms with Gasteiger partial charge in [-0.3, -0.25) is 0 Å². The van der Waals surface area contributed by atoms with E-state index in [0.717, 1.165) is 0 Å². The van der Waals surface area contributed by atoms with E-state index >= 15 is 0 Å². The van der Waals surface area contributed by atoms with Gasteiger partial charge in [0.15, 0.2) is 5.82 Å². The Morgan fingerprint density at radius 3 is 2.68 bits per heavy atom. The predicted molar refractivity (Wildman–Crippen MR) is 92.5 cm³/mol. The van der Waals surface area contributed by atoms with Gasteiger partial charge in [-0.25, -0.2) is 18.1 Å². The van der Waals surface area contributed by atoms with E-state index < -0.39 is 10.0 Å². The molecule has 25 heavy (non-hydrogen) atoms. The lowest BCUT2D eigenvalue weighted by Crippen LogP contribution is -2.29. The first-order chi connectivity index (χ1) is 11.9. The second-order valence-corrected chi connectivity index (χ2v) is 8.98. The van der Waals surface area contributed by atoms with Gasteiger partial charge in [0.25, 0.3) is 5.89 Å². The number of hydrogen-bond acceptors (Lipinski definition) is 7. The zero-order valence-electron chi connectivity index (χ0n) is 13.6. The van der Waals surface area contributed by atoms with Crippen molar-refractivity contribution in [3.8, 4) is 11.6 Å². The molecule has 9 heteroatoms. The minimum absolute atomic E-state index is 0.151. The molecule has 7 nitrogen and oxygen atoms in total. The molecular weight excluding hydrogens is 360 g/mol. The summed E-state index contributed by atoms with van der Waals surface area (Å²) < 4.78 is 33.1. The van der Waals surface area contributed by atoms with Crippen LogP contribution in [0.5, 0.6) is 0 Å². The van der Waals surface area contributed by atoms with Gasteiger partial charge in [-0.15, -0.1) is 11.3 Å². The molecule has 1 aliphatic carbocycles. The van der Waals surface area contributed by atoms with Gasteiger partial charge in [0.05, 0.1) is 10.4 Å². The molecule has 3 aromatic rings. The smallest absolute Gasteiger partial charge is 0.277 e. The van der Waals surface area contributed by atoms with Crippen molar-refractivity contribution >= 4 is 21.4 Å². The molecule has 0 radical (unpaired) electrons. The minimum atomic E-state index is -3.59. The van der Waals surface area contributed by atoms with E-state index in [2.05, 4.69) is 19.8 Å². The molecule has 1 aromatic carbocycles. The van der Waals surface area contributed by atoms with E-state index in [0.29, 0.717) is 17.4 Å². The van der Waals surface area contributed by atoms with Gasteiger partial charge in [0.2, 0.25) is 10.0 Å². The number of thiazole rings is 1. The number of nitrogens with one attached hydrogen (secondary N) is 1. The van der Waals surface area contributed by atoms with E-state index in [1.807, 2.05) is 19.2 Å². The molecule has 2 aromatic heterocycles. The number of sulfonamides is 1. The van der Waals surface area contributed by atoms with Crippen LogP contribution in [0.15, 0.2) is 50.6 Å². The van der Waals surface area contributed by atoms with Gasteiger partial charge < -0.3 is 4.52 Å². The summed E-state index contributed by atoms with van der Waals surface area (Å²) in [7, 11) is -3.59. The number of benzene rings is 1. The Kier molecular flexibility index (Phi) is 3.75. The summed E-state index contributed by atoms with van der Waals surface area (Å²) in [5.74, 6) is 0.694. The second-order valence-electron chi connectivity index (χ2n) is 6.54. The molecule has 0 spiro atoms. The molecule has 1 N–H and O–H groups in total. The summed E-state index contributed by atoms with van der Waals surface area (Å²) in [5, 5.41) is 5.85. The maximum absolute atomic E-state index is 12.6. The average molecular weight is 376 g/mol. The van der Waals surface area contributed by atoms with Crippen LogP contribution in [-0.2, 0) is 10.0 Å². The van der Waals surface area contributed by atoms with Crippen LogP contribution in [0.1, 0.15) is 25.6 Å². The maximum atomic E-state index is 12.6. The van der Waals surface area contributed by atoms with Crippen molar-refractivity contribution in [2.24, 2.45) is 5.41 Å². The van der Waals surface area contributed by atoms with Gasteiger partial charge in [-0.2, -0.15) is 4.98 Å². The Morgan fingerprint density at radius 1 is 1.24 bits per heavy atom. The van der Waals surface area contributed by atoms with Crippen LogP contribution >= 0.6 is 11.3 Å². The van der Waals surface area contributed by atoms with Crippen LogP contribution in [0.4, 0.5) is 0 Å². The summed E-state index contributed by atoms with van der Waals surface area (Å²) >= 11 is 1.44. The molecule has 2 heterocycles. The summed E-state index contributed by atoms with van der Waals surface area (Å²) in [6.45, 7) is 3.96. The third-order valence-corrected chi connectivity index (χ3v) is 6.58. The molecule has 2 atom stereocenters. The molecule has 0 unspecified atom stereocenters. The standard InChI is InChI=1S/C16H16N4O3S2/c1-16(2)12(14-18-15(23-19-14)11-8-24-9-17-11)13(16)20-25(21,22)10-6-4-3-5-7-10/h3-9,12-13,20H,1-2H3/t12-,13-/m0/s1. The van der Waals surface area contributed by atoms with E-state index in [9.17, 15) is 8.42 Å². The molecule has 0 amide bonds. The van der Waals surface area contributed by atoms with Gasteiger partial charge in [-0.05, 0) is 17.5 Å². The van der Waals surface area contributed by atoms with E-state index in [1.54, 1.807) is 35.8 Å². The molecule has 1 saturated carbocycles. The Labute approximate surface area is 149 Å². The number of hydrogen-bond donors (Lipinski definition) is 1. The van der Waals surface area contributed by atoms with Gasteiger partial charge in [-0.1, -0.05) is 37.2 Å². The molecule has 130 valence electrons. The summed E-state index contributed by atoms with van der Waals surface area (Å²) in [4.78, 5) is 8.78. The van der Waals surface area contributed by atoms with Crippen molar-refractivity contribution in [2.45, 2.75) is 30.7 Å². The minimum Gasteiger partial charge on any atom is -0.332 e. The third-order valence-electron chi connectivity index (χ3n) is 4.53. The lowest BCUT2D eigenvalue weighted by Gasteiger charge is -2.07. The Hall–Kier alpha value is -2.10. The fourth-order valence-corrected chi connectivity index (χ4v) is 4.91. The zero-order chi connectivity index (χ0) is 17.7. The van der Waals surface area contributed by atoms with Crippen molar-refractivity contribution in [1.29, 1.82) is 0 Å². The highest BCUT2D eigenvalue weighted by atomic mass is 32.2. The molecule has 0 bridgehead atoms. The number of aromatic nitrogens is 3. The van der Waals surface area contributed by atoms with Crippen LogP contribution in [0.2, 0.25) is 0 Å². The van der Waals surface area contributed by atoms with Crippen molar-refractivity contribution in [3.63, 3.8) is 0 Å². The summed E-state index contributed by atoms with van der Waals surface area (Å²) in [6, 6.07) is 8.02. The molecular formula is C16H16N4O3S2. The Morgan fingerprint density at radius 2 is 2.00 bits per heavy atom. The predicted octanol–water partition coefficient (Wildman–Crippen LogP) is 2.66. The molecule has 0 saturated heterocycles. The fourth-order valence-electron chi connectivity index (χ4n) is 2.96. The fraction of sp³-hybridized carbons (Fsp3) is 0.312. The summed E-state index contributed by atoms with van der Waals surface area (Å²) in [5.41, 5.74) is 2.02. The van der Waals surface area contributed by atoms with Crippen molar-refractivity contribution < 1.29 is 12.9 Å². The maximum Gasteiger partial charge on any atom is 0.277 e. The highest BCUT2D eigenvalue weighted by Crippen LogP contribution is 2.58. The van der Waals surface area contributed by atoms with Crippen molar-refractivity contribution in [2.75, 3.05) is 0 Å². The monoisotopic (exact) mass is 376 g/mol. The Bertz CT molecular complexity index is 982. The highest BCUT2D eigenvalue weighted by molar-refractivity contribution is 7.89. The first-order valence-electron chi connectivity index (χ1n) is 7.69. The molecule has 0 aliphatic heterocycles. The largest absolute Gasteiger partial charge is 0.332 e. The first-order valence-corrected chi connectivity index (χ1v) is 10.1. The Balaban J connectivity index is 1.57. The summed E-state index contributed by atoms with van der Waals surface area (Å²) in [6.07, 6.45) is 0. The van der Waals surface area contributed by atoms with Gasteiger partial charge >= 0.3 is 0 Å². The van der Waals surface area contributed by atoms with Crippen LogP contribution in [-0.4, -0.2) is 29.6 Å². The second kappa shape index (κ2) is 5.72. The van der Waals surface area contributed by atoms with E-state index in [4.69, 9.17) is 4.52 Å². The van der Waals surface area contributed by atoms with E-state index in [1.165, 1.54) is 11.3 Å². The molecule has 1 aliphatic rings. The lowest BCUT2D eigenvalue weighted by atomic mass is 10.1. The van der Waals surface area contributed by atoms with E-state index in [-0.39, 0.29) is 22.3 Å². The first kappa shape index (κ1) is 16.4. The SMILES string of the molecule is CC1(C)[C@H](c2noc(-c3cscn3)n2)[C@@H]1NS(=O)(=O)c1ccccc1. The quantitative estimate of drug-likeness (QED) is 0.735. The topological polar surface area (TPSA) is 98.0 Å². The van der Waals surface area contributed by atoms with Gasteiger partial charge in [0, 0.05) is 17.3 Å². The molecule has 4 rings (SSSR count). The number of rotatable bonds is 5. The highest BCUT2D eigenvalue weighted by Gasteiger charge is 2.62. The third kappa shape index (κ3) is 2.88. The van der Waals surface area contributed by atoms with Crippen molar-refractivity contribution in [3.05, 3.63) is 47.0 Å². The van der Waals surface area contributed by atoms with Gasteiger partial charge in [0.1, 0.15) is 5.69 Å². The average Bonchev–Trinajstić information content (AvgIpc) is 3.09. The number of nitrogens with zero attached hydrogens (tertiary/aromatic N) is 3. The lowest BCUT2D eigenvalue weighted by molar-refractivity contribution is 0.418. The van der Waals surface area contributed by atoms with Crippen molar-refractivity contribution in [1.82, 2.24) is 19.8 Å². The molecule has 1 fully saturated rings.